The molecule has 256 valence electrons. The molecule has 4 rings (SSSR count). The standard InChI is InChI=1S/C37H46N4O7/c1-6-41(40(5)36(45)47-24-26-16-8-7-9-17-26)33(42)32(22-14-15-23-38-34(43)48-37(2,3)4)39-35(44)46-25-31-29-20-12-10-18-27(29)28-19-11-13-21-30(28)31/h7-13,16-21,31-32H,6,14-15,22-25H2,1-5H3,(H,38,43)(H,39,44)/t32-/m0/s1. The van der Waals surface area contributed by atoms with E-state index in [0.717, 1.165) is 32.8 Å². The molecular formula is C37H46N4O7. The lowest BCUT2D eigenvalue weighted by molar-refractivity contribution is -0.146. The fourth-order valence-electron chi connectivity index (χ4n) is 5.62. The van der Waals surface area contributed by atoms with E-state index in [-0.39, 0.29) is 32.1 Å². The van der Waals surface area contributed by atoms with Gasteiger partial charge in [0.1, 0.15) is 24.9 Å². The highest BCUT2D eigenvalue weighted by Crippen LogP contribution is 2.44. The summed E-state index contributed by atoms with van der Waals surface area (Å²) < 4.78 is 16.4. The first-order valence-electron chi connectivity index (χ1n) is 16.3. The van der Waals surface area contributed by atoms with Crippen LogP contribution in [0.2, 0.25) is 0 Å². The minimum absolute atomic E-state index is 0.0435. The van der Waals surface area contributed by atoms with E-state index in [2.05, 4.69) is 22.8 Å². The molecule has 0 saturated heterocycles. The number of benzene rings is 3. The van der Waals surface area contributed by atoms with Crippen LogP contribution in [0.1, 0.15) is 69.6 Å². The number of fused-ring (bicyclic) bond motifs is 3. The highest BCUT2D eigenvalue weighted by atomic mass is 16.6. The Morgan fingerprint density at radius 3 is 2.02 bits per heavy atom. The van der Waals surface area contributed by atoms with Gasteiger partial charge in [0, 0.05) is 26.1 Å². The average Bonchev–Trinajstić information content (AvgIpc) is 3.38. The summed E-state index contributed by atoms with van der Waals surface area (Å²) in [7, 11) is 1.45. The maximum atomic E-state index is 13.9. The normalized spacial score (nSPS) is 12.6. The smallest absolute Gasteiger partial charge is 0.428 e. The molecule has 0 spiro atoms. The number of nitrogens with zero attached hydrogens (tertiary/aromatic N) is 2. The monoisotopic (exact) mass is 658 g/mol. The van der Waals surface area contributed by atoms with Crippen molar-refractivity contribution in [2.45, 2.75) is 71.1 Å². The van der Waals surface area contributed by atoms with E-state index in [1.807, 2.05) is 66.7 Å². The minimum atomic E-state index is -1.01. The lowest BCUT2D eigenvalue weighted by Gasteiger charge is -2.33. The Morgan fingerprint density at radius 2 is 1.42 bits per heavy atom. The van der Waals surface area contributed by atoms with Gasteiger partial charge >= 0.3 is 18.3 Å². The minimum Gasteiger partial charge on any atom is -0.449 e. The summed E-state index contributed by atoms with van der Waals surface area (Å²) >= 11 is 0. The van der Waals surface area contributed by atoms with Crippen LogP contribution in [-0.2, 0) is 25.6 Å². The van der Waals surface area contributed by atoms with E-state index >= 15 is 0 Å². The van der Waals surface area contributed by atoms with Crippen LogP contribution >= 0.6 is 0 Å². The molecule has 48 heavy (non-hydrogen) atoms. The fourth-order valence-corrected chi connectivity index (χ4v) is 5.62. The molecule has 0 saturated carbocycles. The molecule has 2 N–H and O–H groups in total. The van der Waals surface area contributed by atoms with Gasteiger partial charge in [-0.1, -0.05) is 78.9 Å². The van der Waals surface area contributed by atoms with Crippen LogP contribution < -0.4 is 10.6 Å². The topological polar surface area (TPSA) is 127 Å². The number of hydrogen-bond donors (Lipinski definition) is 2. The van der Waals surface area contributed by atoms with Gasteiger partial charge in [0.25, 0.3) is 5.91 Å². The third-order valence-corrected chi connectivity index (χ3v) is 7.91. The van der Waals surface area contributed by atoms with Gasteiger partial charge in [-0.25, -0.2) is 24.4 Å². The Kier molecular flexibility index (Phi) is 12.4. The lowest BCUT2D eigenvalue weighted by atomic mass is 9.98. The van der Waals surface area contributed by atoms with Gasteiger partial charge in [0.05, 0.1) is 0 Å². The quantitative estimate of drug-likeness (QED) is 0.127. The number of likely N-dealkylation sites (N-methyl/N-ethyl adjacent to an activating group) is 1. The molecular weight excluding hydrogens is 612 g/mol. The summed E-state index contributed by atoms with van der Waals surface area (Å²) in [6.07, 6.45) is -0.739. The molecule has 3 aromatic carbocycles. The maximum absolute atomic E-state index is 13.9. The van der Waals surface area contributed by atoms with Crippen LogP contribution in [0.3, 0.4) is 0 Å². The van der Waals surface area contributed by atoms with E-state index in [4.69, 9.17) is 14.2 Å². The van der Waals surface area contributed by atoms with Crippen molar-refractivity contribution in [2.24, 2.45) is 0 Å². The van der Waals surface area contributed by atoms with Crippen LogP contribution in [0.4, 0.5) is 14.4 Å². The van der Waals surface area contributed by atoms with Crippen molar-refractivity contribution in [3.63, 3.8) is 0 Å². The third-order valence-electron chi connectivity index (χ3n) is 7.91. The van der Waals surface area contributed by atoms with Gasteiger partial charge < -0.3 is 24.8 Å². The first kappa shape index (κ1) is 35.8. The summed E-state index contributed by atoms with van der Waals surface area (Å²) in [5.74, 6) is -0.640. The van der Waals surface area contributed by atoms with Crippen LogP contribution in [-0.4, -0.2) is 72.6 Å². The molecule has 1 atom stereocenters. The number of alkyl carbamates (subject to hydrolysis) is 2. The zero-order valence-corrected chi connectivity index (χ0v) is 28.4. The van der Waals surface area contributed by atoms with E-state index < -0.39 is 35.8 Å². The first-order chi connectivity index (χ1) is 23.0. The second-order valence-electron chi connectivity index (χ2n) is 12.6. The maximum Gasteiger partial charge on any atom is 0.428 e. The molecule has 0 aromatic heterocycles. The van der Waals surface area contributed by atoms with E-state index in [0.29, 0.717) is 19.4 Å². The molecule has 4 amide bonds. The van der Waals surface area contributed by atoms with Crippen molar-refractivity contribution in [2.75, 3.05) is 26.7 Å². The van der Waals surface area contributed by atoms with Gasteiger partial charge in [-0.2, -0.15) is 0 Å². The molecule has 0 unspecified atom stereocenters. The molecule has 0 fully saturated rings. The van der Waals surface area contributed by atoms with Gasteiger partial charge in [-0.3, -0.25) is 4.79 Å². The lowest BCUT2D eigenvalue weighted by Crippen LogP contribution is -2.55. The van der Waals surface area contributed by atoms with Crippen LogP contribution in [0.15, 0.2) is 78.9 Å². The average molecular weight is 659 g/mol. The highest BCUT2D eigenvalue weighted by molar-refractivity contribution is 5.87. The molecule has 1 aliphatic carbocycles. The largest absolute Gasteiger partial charge is 0.449 e. The van der Waals surface area contributed by atoms with Crippen LogP contribution in [0, 0.1) is 0 Å². The Balaban J connectivity index is 1.40. The number of unbranched alkanes of at least 4 members (excludes halogenated alkanes) is 1. The second kappa shape index (κ2) is 16.7. The zero-order valence-electron chi connectivity index (χ0n) is 28.4. The number of amides is 4. The van der Waals surface area contributed by atoms with Crippen molar-refractivity contribution >= 4 is 24.2 Å². The zero-order chi connectivity index (χ0) is 34.7. The number of nitrogens with one attached hydrogen (secondary N) is 2. The summed E-state index contributed by atoms with van der Waals surface area (Å²) in [5, 5.41) is 7.80. The molecule has 3 aromatic rings. The van der Waals surface area contributed by atoms with Crippen LogP contribution in [0.5, 0.6) is 0 Å². The molecule has 0 bridgehead atoms. The Labute approximate surface area is 282 Å². The van der Waals surface area contributed by atoms with Crippen molar-refractivity contribution in [1.29, 1.82) is 0 Å². The van der Waals surface area contributed by atoms with Crippen LogP contribution in [0.25, 0.3) is 11.1 Å². The summed E-state index contributed by atoms with van der Waals surface area (Å²) in [6, 6.07) is 24.3. The summed E-state index contributed by atoms with van der Waals surface area (Å²) in [4.78, 5) is 52.1. The summed E-state index contributed by atoms with van der Waals surface area (Å²) in [5.41, 5.74) is 4.55. The van der Waals surface area contributed by atoms with E-state index in [1.165, 1.54) is 12.1 Å². The van der Waals surface area contributed by atoms with Gasteiger partial charge in [0.2, 0.25) is 0 Å². The first-order valence-corrected chi connectivity index (χ1v) is 16.3. The highest BCUT2D eigenvalue weighted by Gasteiger charge is 2.32. The number of rotatable bonds is 12. The van der Waals surface area contributed by atoms with Crippen molar-refractivity contribution in [3.8, 4) is 11.1 Å². The molecule has 0 aliphatic heterocycles. The molecule has 1 aliphatic rings. The molecule has 11 nitrogen and oxygen atoms in total. The molecule has 0 heterocycles. The predicted octanol–water partition coefficient (Wildman–Crippen LogP) is 6.62. The second-order valence-corrected chi connectivity index (χ2v) is 12.6. The fraction of sp³-hybridized carbons (Fsp3) is 0.405. The van der Waals surface area contributed by atoms with E-state index in [9.17, 15) is 19.2 Å². The number of carbonyl (C=O) groups is 4. The van der Waals surface area contributed by atoms with Gasteiger partial charge in [0.15, 0.2) is 0 Å². The number of hydrazine groups is 1. The Hall–Kier alpha value is -5.06. The van der Waals surface area contributed by atoms with Crippen molar-refractivity contribution < 1.29 is 33.4 Å². The third kappa shape index (κ3) is 9.73. The molecule has 11 heteroatoms. The number of carbonyl (C=O) groups excluding carboxylic acids is 4. The van der Waals surface area contributed by atoms with Crippen molar-refractivity contribution in [3.05, 3.63) is 95.6 Å². The Bertz CT molecular complexity index is 1510. The number of ether oxygens (including phenoxy) is 3. The van der Waals surface area contributed by atoms with E-state index in [1.54, 1.807) is 27.7 Å². The Morgan fingerprint density at radius 1 is 0.812 bits per heavy atom. The van der Waals surface area contributed by atoms with Gasteiger partial charge in [-0.15, -0.1) is 0 Å². The SMILES string of the molecule is CCN(C(=O)[C@H](CCCCNC(=O)OC(C)(C)C)NC(=O)OCC1c2ccccc2-c2ccccc21)N(C)C(=O)OCc1ccccc1. The van der Waals surface area contributed by atoms with Crippen molar-refractivity contribution in [1.82, 2.24) is 20.7 Å². The number of hydrogen-bond acceptors (Lipinski definition) is 7. The predicted molar refractivity (Wildman–Crippen MR) is 182 cm³/mol. The summed E-state index contributed by atoms with van der Waals surface area (Å²) in [6.45, 7) is 7.69. The van der Waals surface area contributed by atoms with Gasteiger partial charge in [-0.05, 0) is 74.8 Å². The molecule has 0 radical (unpaired) electrons.